The molecule has 1 aromatic carbocycles. The van der Waals surface area contributed by atoms with Crippen LogP contribution in [0.1, 0.15) is 12.0 Å². The number of ether oxygens (including phenoxy) is 1. The fourth-order valence-corrected chi connectivity index (χ4v) is 2.23. The number of aliphatic hydroxyl groups excluding tert-OH is 1. The molecule has 122 valence electrons. The molecule has 1 fully saturated rings. The fourth-order valence-electron chi connectivity index (χ4n) is 2.23. The molecule has 3 N–H and O–H groups in total. The zero-order chi connectivity index (χ0) is 16.2. The first-order chi connectivity index (χ1) is 10.3. The number of carbonyl (C=O) groups is 1. The van der Waals surface area contributed by atoms with Gasteiger partial charge in [-0.3, -0.25) is 4.79 Å². The zero-order valence-corrected chi connectivity index (χ0v) is 11.7. The molecule has 0 aliphatic carbocycles. The molecule has 1 aliphatic heterocycles. The minimum absolute atomic E-state index is 0.187. The number of hydrogen-bond acceptors (Lipinski definition) is 4. The van der Waals surface area contributed by atoms with Gasteiger partial charge in [0.1, 0.15) is 5.75 Å². The number of benzene rings is 1. The third-order valence-electron chi connectivity index (χ3n) is 3.29. The van der Waals surface area contributed by atoms with Crippen molar-refractivity contribution in [3.05, 3.63) is 29.8 Å². The Bertz CT molecular complexity index is 505. The molecule has 0 bridgehead atoms. The molecule has 1 aromatic rings. The maximum absolute atomic E-state index is 12.0. The van der Waals surface area contributed by atoms with E-state index in [0.29, 0.717) is 25.9 Å². The van der Waals surface area contributed by atoms with E-state index in [1.165, 1.54) is 24.3 Å². The second kappa shape index (κ2) is 6.97. The van der Waals surface area contributed by atoms with Crippen LogP contribution in [0.15, 0.2) is 24.3 Å². The van der Waals surface area contributed by atoms with Crippen LogP contribution in [0.5, 0.6) is 5.75 Å². The summed E-state index contributed by atoms with van der Waals surface area (Å²) in [4.78, 5) is 11.8. The van der Waals surface area contributed by atoms with Crippen molar-refractivity contribution in [3.63, 3.8) is 0 Å². The number of aliphatic hydroxyl groups is 1. The quantitative estimate of drug-likeness (QED) is 0.756. The van der Waals surface area contributed by atoms with Crippen molar-refractivity contribution in [2.45, 2.75) is 31.3 Å². The lowest BCUT2D eigenvalue weighted by Crippen LogP contribution is -2.41. The Morgan fingerprint density at radius 1 is 1.36 bits per heavy atom. The van der Waals surface area contributed by atoms with Crippen LogP contribution in [0.2, 0.25) is 0 Å². The van der Waals surface area contributed by atoms with E-state index in [1.807, 2.05) is 0 Å². The Balaban J connectivity index is 1.74. The average Bonchev–Trinajstić information content (AvgIpc) is 2.86. The molecule has 0 unspecified atom stereocenters. The van der Waals surface area contributed by atoms with Crippen molar-refractivity contribution in [3.8, 4) is 5.75 Å². The first kappa shape index (κ1) is 16.6. The summed E-state index contributed by atoms with van der Waals surface area (Å²) in [6.45, 7) is 0.769. The molecule has 0 aromatic heterocycles. The summed E-state index contributed by atoms with van der Waals surface area (Å²) in [5, 5.41) is 14.9. The molecule has 0 saturated carbocycles. The molecule has 1 heterocycles. The molecular weight excluding hydrogens is 301 g/mol. The third-order valence-corrected chi connectivity index (χ3v) is 3.29. The van der Waals surface area contributed by atoms with E-state index in [2.05, 4.69) is 15.4 Å². The molecule has 1 saturated heterocycles. The minimum atomic E-state index is -4.70. The highest BCUT2D eigenvalue weighted by Gasteiger charge is 2.31. The number of amides is 1. The summed E-state index contributed by atoms with van der Waals surface area (Å²) in [6, 6.07) is 5.12. The molecule has 8 heteroatoms. The van der Waals surface area contributed by atoms with Crippen molar-refractivity contribution in [2.24, 2.45) is 0 Å². The van der Waals surface area contributed by atoms with Gasteiger partial charge in [0.05, 0.1) is 12.1 Å². The average molecular weight is 318 g/mol. The first-order valence-electron chi connectivity index (χ1n) is 6.87. The number of rotatable bonds is 5. The van der Waals surface area contributed by atoms with Crippen LogP contribution in [0.3, 0.4) is 0 Å². The second-order valence-corrected chi connectivity index (χ2v) is 5.08. The molecule has 22 heavy (non-hydrogen) atoms. The maximum atomic E-state index is 12.0. The summed E-state index contributed by atoms with van der Waals surface area (Å²) in [5.74, 6) is -0.460. The molecule has 2 atom stereocenters. The predicted molar refractivity (Wildman–Crippen MR) is 72.3 cm³/mol. The highest BCUT2D eigenvalue weighted by atomic mass is 19.4. The van der Waals surface area contributed by atoms with Crippen LogP contribution in [0.4, 0.5) is 13.2 Å². The van der Waals surface area contributed by atoms with Gasteiger partial charge in [-0.1, -0.05) is 12.1 Å². The van der Waals surface area contributed by atoms with Crippen molar-refractivity contribution in [1.82, 2.24) is 10.6 Å². The molecule has 2 rings (SSSR count). The molecule has 5 nitrogen and oxygen atoms in total. The van der Waals surface area contributed by atoms with Crippen molar-refractivity contribution in [2.75, 3.05) is 13.1 Å². The van der Waals surface area contributed by atoms with E-state index in [0.717, 1.165) is 5.56 Å². The van der Waals surface area contributed by atoms with Crippen LogP contribution in [-0.4, -0.2) is 42.6 Å². The van der Waals surface area contributed by atoms with E-state index in [1.54, 1.807) is 0 Å². The number of halogens is 3. The van der Waals surface area contributed by atoms with Gasteiger partial charge < -0.3 is 20.5 Å². The minimum Gasteiger partial charge on any atom is -0.406 e. The van der Waals surface area contributed by atoms with Gasteiger partial charge in [0.2, 0.25) is 5.91 Å². The topological polar surface area (TPSA) is 70.6 Å². The van der Waals surface area contributed by atoms with Crippen molar-refractivity contribution < 1.29 is 27.8 Å². The van der Waals surface area contributed by atoms with Gasteiger partial charge in [-0.05, 0) is 30.5 Å². The van der Waals surface area contributed by atoms with E-state index < -0.39 is 18.5 Å². The lowest BCUT2D eigenvalue weighted by molar-refractivity contribution is -0.274. The maximum Gasteiger partial charge on any atom is 0.573 e. The first-order valence-corrected chi connectivity index (χ1v) is 6.87. The van der Waals surface area contributed by atoms with Gasteiger partial charge in [0, 0.05) is 13.1 Å². The van der Waals surface area contributed by atoms with Crippen LogP contribution in [0, 0.1) is 0 Å². The highest BCUT2D eigenvalue weighted by molar-refractivity contribution is 5.82. The molecule has 1 amide bonds. The fraction of sp³-hybridized carbons (Fsp3) is 0.500. The van der Waals surface area contributed by atoms with E-state index in [4.69, 9.17) is 0 Å². The summed E-state index contributed by atoms with van der Waals surface area (Å²) < 4.78 is 39.8. The number of nitrogens with one attached hydrogen (secondary N) is 2. The normalized spacial score (nSPS) is 21.6. The molecular formula is C14H17F3N2O3. The van der Waals surface area contributed by atoms with Gasteiger partial charge in [0.25, 0.3) is 0 Å². The Morgan fingerprint density at radius 2 is 2.05 bits per heavy atom. The molecule has 0 radical (unpaired) electrons. The van der Waals surface area contributed by atoms with Gasteiger partial charge in [0.15, 0.2) is 0 Å². The lowest BCUT2D eigenvalue weighted by atomic mass is 10.1. The summed E-state index contributed by atoms with van der Waals surface area (Å²) >= 11 is 0. The number of hydrogen-bond donors (Lipinski definition) is 3. The largest absolute Gasteiger partial charge is 0.573 e. The third kappa shape index (κ3) is 5.19. The Kier molecular flexibility index (Phi) is 5.25. The summed E-state index contributed by atoms with van der Waals surface area (Å²) in [7, 11) is 0. The van der Waals surface area contributed by atoms with E-state index in [9.17, 15) is 23.1 Å². The lowest BCUT2D eigenvalue weighted by Gasteiger charge is -2.11. The summed E-state index contributed by atoms with van der Waals surface area (Å²) in [5.41, 5.74) is 0.786. The number of alkyl halides is 3. The van der Waals surface area contributed by atoms with E-state index >= 15 is 0 Å². The van der Waals surface area contributed by atoms with Crippen molar-refractivity contribution in [1.29, 1.82) is 0 Å². The Morgan fingerprint density at radius 3 is 2.59 bits per heavy atom. The zero-order valence-electron chi connectivity index (χ0n) is 11.7. The van der Waals surface area contributed by atoms with Gasteiger partial charge in [-0.15, -0.1) is 13.2 Å². The van der Waals surface area contributed by atoms with Crippen LogP contribution in [0.25, 0.3) is 0 Å². The van der Waals surface area contributed by atoms with Crippen molar-refractivity contribution >= 4 is 5.91 Å². The highest BCUT2D eigenvalue weighted by Crippen LogP contribution is 2.22. The van der Waals surface area contributed by atoms with Gasteiger partial charge >= 0.3 is 6.36 Å². The monoisotopic (exact) mass is 318 g/mol. The number of β-amino-alcohol motifs (C(OH)–C–C–N with tert-alkyl or cyclic N) is 1. The Labute approximate surface area is 125 Å². The molecule has 0 spiro atoms. The smallest absolute Gasteiger partial charge is 0.406 e. The standard InChI is InChI=1S/C14H17F3N2O3/c15-14(16,17)22-11-3-1-9(2-4-11)5-6-18-13(21)12-7-10(20)8-19-12/h1-4,10,12,19-20H,5-8H2,(H,18,21)/t10-,12+/m0/s1. The number of carbonyl (C=O) groups excluding carboxylic acids is 1. The van der Waals surface area contributed by atoms with Gasteiger partial charge in [-0.25, -0.2) is 0 Å². The molecule has 1 aliphatic rings. The van der Waals surface area contributed by atoms with Crippen LogP contribution < -0.4 is 15.4 Å². The summed E-state index contributed by atoms with van der Waals surface area (Å²) in [6.07, 6.45) is -4.33. The predicted octanol–water partition coefficient (Wildman–Crippen LogP) is 0.967. The van der Waals surface area contributed by atoms with Gasteiger partial charge in [-0.2, -0.15) is 0 Å². The van der Waals surface area contributed by atoms with E-state index in [-0.39, 0.29) is 11.7 Å². The second-order valence-electron chi connectivity index (χ2n) is 5.08. The van der Waals surface area contributed by atoms with Crippen LogP contribution in [-0.2, 0) is 11.2 Å². The van der Waals surface area contributed by atoms with Crippen LogP contribution >= 0.6 is 0 Å². The Hall–Kier alpha value is -1.80. The SMILES string of the molecule is O=C(NCCc1ccc(OC(F)(F)F)cc1)[C@H]1C[C@H](O)CN1.